The molecule has 0 spiro atoms. The Morgan fingerprint density at radius 3 is 2.95 bits per heavy atom. The fourth-order valence-electron chi connectivity index (χ4n) is 3.60. The van der Waals surface area contributed by atoms with E-state index in [9.17, 15) is 5.11 Å². The van der Waals surface area contributed by atoms with Crippen LogP contribution >= 0.6 is 11.6 Å². The summed E-state index contributed by atoms with van der Waals surface area (Å²) in [4.78, 5) is 2.44. The topological polar surface area (TPSA) is 35.5 Å². The first kappa shape index (κ1) is 14.2. The number of phenols is 1. The average molecular weight is 295 g/mol. The zero-order chi connectivity index (χ0) is 13.9. The van der Waals surface area contributed by atoms with E-state index >= 15 is 0 Å². The second-order valence-corrected chi connectivity index (χ2v) is 6.48. The third kappa shape index (κ3) is 3.11. The van der Waals surface area contributed by atoms with Crippen LogP contribution in [-0.2, 0) is 6.54 Å². The van der Waals surface area contributed by atoms with Crippen LogP contribution in [0.5, 0.6) is 5.75 Å². The van der Waals surface area contributed by atoms with Crippen LogP contribution in [0.25, 0.3) is 0 Å². The van der Waals surface area contributed by atoms with Gasteiger partial charge in [-0.25, -0.2) is 0 Å². The van der Waals surface area contributed by atoms with E-state index in [-0.39, 0.29) is 0 Å². The standard InChI is InChI=1S/C16H23ClN2O/c17-14-5-1-7-16(20)13(14)11-19-9-3-4-12(10-19)15-6-2-8-18-15/h1,5,7,12,15,18,20H,2-4,6,8-11H2. The molecule has 1 aromatic carbocycles. The van der Waals surface area contributed by atoms with Crippen molar-refractivity contribution in [3.8, 4) is 5.75 Å². The molecule has 2 N–H and O–H groups in total. The first-order chi connectivity index (χ1) is 9.74. The molecule has 2 fully saturated rings. The maximum absolute atomic E-state index is 9.98. The molecule has 0 radical (unpaired) electrons. The number of aromatic hydroxyl groups is 1. The molecule has 3 rings (SSSR count). The van der Waals surface area contributed by atoms with E-state index in [1.807, 2.05) is 6.07 Å². The van der Waals surface area contributed by atoms with Gasteiger partial charge in [0.2, 0.25) is 0 Å². The Hall–Kier alpha value is -0.770. The van der Waals surface area contributed by atoms with Gasteiger partial charge in [0.05, 0.1) is 0 Å². The largest absolute Gasteiger partial charge is 0.508 e. The molecule has 2 saturated heterocycles. The van der Waals surface area contributed by atoms with Crippen LogP contribution in [0.3, 0.4) is 0 Å². The second kappa shape index (κ2) is 6.33. The van der Waals surface area contributed by atoms with Gasteiger partial charge in [0.15, 0.2) is 0 Å². The molecular formula is C16H23ClN2O. The van der Waals surface area contributed by atoms with Crippen LogP contribution in [0, 0.1) is 5.92 Å². The molecule has 0 aromatic heterocycles. The molecule has 2 aliphatic rings. The number of hydrogen-bond acceptors (Lipinski definition) is 3. The summed E-state index contributed by atoms with van der Waals surface area (Å²) in [5, 5.41) is 14.3. The highest BCUT2D eigenvalue weighted by atomic mass is 35.5. The van der Waals surface area contributed by atoms with Gasteiger partial charge in [-0.1, -0.05) is 17.7 Å². The summed E-state index contributed by atoms with van der Waals surface area (Å²) in [6.45, 7) is 4.15. The van der Waals surface area contributed by atoms with Gasteiger partial charge >= 0.3 is 0 Å². The van der Waals surface area contributed by atoms with E-state index in [0.29, 0.717) is 16.8 Å². The molecular weight excluding hydrogens is 272 g/mol. The van der Waals surface area contributed by atoms with Crippen molar-refractivity contribution in [1.29, 1.82) is 0 Å². The predicted octanol–water partition coefficient (Wildman–Crippen LogP) is 3.01. The zero-order valence-corrected chi connectivity index (χ0v) is 12.6. The Bertz CT molecular complexity index is 440. The minimum Gasteiger partial charge on any atom is -0.508 e. The summed E-state index contributed by atoms with van der Waals surface area (Å²) in [5.41, 5.74) is 0.870. The maximum atomic E-state index is 9.98. The zero-order valence-electron chi connectivity index (χ0n) is 11.8. The monoisotopic (exact) mass is 294 g/mol. The van der Waals surface area contributed by atoms with Crippen LogP contribution in [-0.4, -0.2) is 35.7 Å². The van der Waals surface area contributed by atoms with E-state index in [1.165, 1.54) is 32.2 Å². The Balaban J connectivity index is 1.65. The number of likely N-dealkylation sites (tertiary alicyclic amines) is 1. The van der Waals surface area contributed by atoms with Crippen LogP contribution in [0.2, 0.25) is 5.02 Å². The highest BCUT2D eigenvalue weighted by Gasteiger charge is 2.29. The van der Waals surface area contributed by atoms with E-state index in [0.717, 1.165) is 31.1 Å². The summed E-state index contributed by atoms with van der Waals surface area (Å²) in [5.74, 6) is 1.06. The van der Waals surface area contributed by atoms with Crippen molar-refractivity contribution < 1.29 is 5.11 Å². The highest BCUT2D eigenvalue weighted by Crippen LogP contribution is 2.30. The van der Waals surface area contributed by atoms with Crippen LogP contribution in [0.1, 0.15) is 31.2 Å². The van der Waals surface area contributed by atoms with Crippen LogP contribution in [0.4, 0.5) is 0 Å². The Morgan fingerprint density at radius 2 is 2.20 bits per heavy atom. The Morgan fingerprint density at radius 1 is 1.30 bits per heavy atom. The van der Waals surface area contributed by atoms with Crippen molar-refractivity contribution in [2.75, 3.05) is 19.6 Å². The molecule has 2 unspecified atom stereocenters. The second-order valence-electron chi connectivity index (χ2n) is 6.08. The van der Waals surface area contributed by atoms with Gasteiger partial charge in [-0.05, 0) is 56.8 Å². The van der Waals surface area contributed by atoms with Crippen LogP contribution in [0.15, 0.2) is 18.2 Å². The third-order valence-electron chi connectivity index (χ3n) is 4.69. The SMILES string of the molecule is Oc1cccc(Cl)c1CN1CCCC(C2CCCN2)C1. The van der Waals surface area contributed by atoms with Gasteiger partial charge < -0.3 is 10.4 Å². The van der Waals surface area contributed by atoms with Crippen molar-refractivity contribution in [3.05, 3.63) is 28.8 Å². The molecule has 0 amide bonds. The summed E-state index contributed by atoms with van der Waals surface area (Å²) in [6.07, 6.45) is 5.19. The average Bonchev–Trinajstić information content (AvgIpc) is 2.98. The Kier molecular flexibility index (Phi) is 4.49. The first-order valence-corrected chi connectivity index (χ1v) is 8.04. The van der Waals surface area contributed by atoms with E-state index in [2.05, 4.69) is 10.2 Å². The number of nitrogens with zero attached hydrogens (tertiary/aromatic N) is 1. The fraction of sp³-hybridized carbons (Fsp3) is 0.625. The smallest absolute Gasteiger partial charge is 0.121 e. The van der Waals surface area contributed by atoms with Gasteiger partial charge in [-0.15, -0.1) is 0 Å². The van der Waals surface area contributed by atoms with Crippen molar-refractivity contribution in [2.45, 2.75) is 38.3 Å². The fourth-order valence-corrected chi connectivity index (χ4v) is 3.83. The van der Waals surface area contributed by atoms with E-state index < -0.39 is 0 Å². The quantitative estimate of drug-likeness (QED) is 0.899. The molecule has 110 valence electrons. The molecule has 0 saturated carbocycles. The number of halogens is 1. The summed E-state index contributed by atoms with van der Waals surface area (Å²) in [7, 11) is 0. The molecule has 3 nitrogen and oxygen atoms in total. The number of benzene rings is 1. The minimum absolute atomic E-state index is 0.318. The van der Waals surface area contributed by atoms with Crippen molar-refractivity contribution in [3.63, 3.8) is 0 Å². The van der Waals surface area contributed by atoms with Gasteiger partial charge in [0.1, 0.15) is 5.75 Å². The Labute approximate surface area is 125 Å². The molecule has 2 aliphatic heterocycles. The van der Waals surface area contributed by atoms with Crippen LogP contribution < -0.4 is 5.32 Å². The maximum Gasteiger partial charge on any atom is 0.121 e. The molecule has 4 heteroatoms. The number of hydrogen-bond donors (Lipinski definition) is 2. The number of nitrogens with one attached hydrogen (secondary N) is 1. The van der Waals surface area contributed by atoms with Crippen molar-refractivity contribution in [1.82, 2.24) is 10.2 Å². The molecule has 0 bridgehead atoms. The number of rotatable bonds is 3. The normalized spacial score (nSPS) is 27.9. The first-order valence-electron chi connectivity index (χ1n) is 7.66. The highest BCUT2D eigenvalue weighted by molar-refractivity contribution is 6.31. The lowest BCUT2D eigenvalue weighted by Gasteiger charge is -2.36. The van der Waals surface area contributed by atoms with E-state index in [1.54, 1.807) is 12.1 Å². The number of phenolic OH excluding ortho intramolecular Hbond substituents is 1. The van der Waals surface area contributed by atoms with Gasteiger partial charge in [0, 0.05) is 29.7 Å². The molecule has 2 atom stereocenters. The molecule has 0 aliphatic carbocycles. The van der Waals surface area contributed by atoms with Gasteiger partial charge in [-0.3, -0.25) is 4.90 Å². The predicted molar refractivity (Wildman–Crippen MR) is 82.1 cm³/mol. The molecule has 1 aromatic rings. The summed E-state index contributed by atoms with van der Waals surface area (Å²) < 4.78 is 0. The van der Waals surface area contributed by atoms with Gasteiger partial charge in [-0.2, -0.15) is 0 Å². The minimum atomic E-state index is 0.318. The summed E-state index contributed by atoms with van der Waals surface area (Å²) >= 11 is 6.21. The number of piperidine rings is 1. The lowest BCUT2D eigenvalue weighted by Crippen LogP contribution is -2.43. The lowest BCUT2D eigenvalue weighted by molar-refractivity contribution is 0.144. The molecule has 2 heterocycles. The van der Waals surface area contributed by atoms with E-state index in [4.69, 9.17) is 11.6 Å². The van der Waals surface area contributed by atoms with Crippen molar-refractivity contribution in [2.24, 2.45) is 5.92 Å². The lowest BCUT2D eigenvalue weighted by atomic mass is 9.89. The molecule has 20 heavy (non-hydrogen) atoms. The summed E-state index contributed by atoms with van der Waals surface area (Å²) in [6, 6.07) is 6.07. The van der Waals surface area contributed by atoms with Crippen molar-refractivity contribution >= 4 is 11.6 Å². The third-order valence-corrected chi connectivity index (χ3v) is 5.04. The van der Waals surface area contributed by atoms with Gasteiger partial charge in [0.25, 0.3) is 0 Å².